The number of thiophene rings is 1. The van der Waals surface area contributed by atoms with Crippen molar-refractivity contribution in [2.45, 2.75) is 0 Å². The molecule has 0 saturated heterocycles. The van der Waals surface area contributed by atoms with Gasteiger partial charge in [-0.05, 0) is 87.6 Å². The maximum atomic E-state index is 6.21. The van der Waals surface area contributed by atoms with Crippen LogP contribution in [0.15, 0.2) is 180 Å². The predicted octanol–water partition coefficient (Wildman–Crippen LogP) is 13.9. The summed E-state index contributed by atoms with van der Waals surface area (Å²) in [5.74, 6) is 0. The normalized spacial score (nSPS) is 11.7. The number of nitrogens with zero attached hydrogens (tertiary/aromatic N) is 1. The van der Waals surface area contributed by atoms with Crippen LogP contribution in [-0.4, -0.2) is 0 Å². The van der Waals surface area contributed by atoms with E-state index < -0.39 is 0 Å². The molecule has 2 nitrogen and oxygen atoms in total. The van der Waals surface area contributed by atoms with Crippen molar-refractivity contribution >= 4 is 81.3 Å². The number of para-hydroxylation sites is 1. The topological polar surface area (TPSA) is 16.4 Å². The SMILES string of the molecule is c1ccc2c(-c3ccc(N(c4ccc(-c5cccc6oc7ccccc7c56)cc4)c4ccc5c(c4)sc4ccccc45)cc3)cccc2c1. The second kappa shape index (κ2) is 11.2. The molecular weight excluding hydrogens is 615 g/mol. The number of anilines is 3. The van der Waals surface area contributed by atoms with Crippen LogP contribution in [0.2, 0.25) is 0 Å². The molecule has 10 aromatic rings. The quantitative estimate of drug-likeness (QED) is 0.186. The van der Waals surface area contributed by atoms with Crippen LogP contribution in [0.25, 0.3) is 75.1 Å². The Bertz CT molecular complexity index is 2820. The van der Waals surface area contributed by atoms with E-state index >= 15 is 0 Å². The molecule has 49 heavy (non-hydrogen) atoms. The fourth-order valence-corrected chi connectivity index (χ4v) is 8.51. The Morgan fingerprint density at radius 1 is 0.388 bits per heavy atom. The van der Waals surface area contributed by atoms with Gasteiger partial charge in [0.05, 0.1) is 0 Å². The van der Waals surface area contributed by atoms with Crippen molar-refractivity contribution in [3.8, 4) is 22.3 Å². The molecule has 230 valence electrons. The third-order valence-corrected chi connectivity index (χ3v) is 10.8. The van der Waals surface area contributed by atoms with Gasteiger partial charge >= 0.3 is 0 Å². The Labute approximate surface area is 287 Å². The van der Waals surface area contributed by atoms with Crippen LogP contribution in [0.4, 0.5) is 17.1 Å². The molecule has 0 saturated carbocycles. The van der Waals surface area contributed by atoms with E-state index in [1.54, 1.807) is 0 Å². The Hall–Kier alpha value is -6.16. The molecule has 0 amide bonds. The van der Waals surface area contributed by atoms with Crippen molar-refractivity contribution in [2.75, 3.05) is 4.90 Å². The third-order valence-electron chi connectivity index (χ3n) is 9.69. The lowest BCUT2D eigenvalue weighted by atomic mass is 9.97. The molecule has 0 fully saturated rings. The molecule has 0 aliphatic carbocycles. The van der Waals surface area contributed by atoms with Crippen molar-refractivity contribution in [2.24, 2.45) is 0 Å². The van der Waals surface area contributed by atoms with Crippen LogP contribution in [0.3, 0.4) is 0 Å². The lowest BCUT2D eigenvalue weighted by molar-refractivity contribution is 0.669. The zero-order valence-electron chi connectivity index (χ0n) is 26.5. The molecular formula is C46H29NOS. The Morgan fingerprint density at radius 2 is 0.959 bits per heavy atom. The van der Waals surface area contributed by atoms with Crippen molar-refractivity contribution < 1.29 is 4.42 Å². The van der Waals surface area contributed by atoms with Gasteiger partial charge in [0.15, 0.2) is 0 Å². The standard InChI is InChI=1S/C46H29NOS/c1-2-11-36-30(9-1)10-7-14-37(36)31-19-23-33(24-20-31)47(35-27-28-40-39-12-4-6-18-44(39)49-45(40)29-35)34-25-21-32(22-26-34)38-15-8-17-43-46(38)41-13-3-5-16-42(41)48-43/h1-29H. The Morgan fingerprint density at radius 3 is 1.78 bits per heavy atom. The maximum absolute atomic E-state index is 6.21. The molecule has 0 radical (unpaired) electrons. The Kier molecular flexibility index (Phi) is 6.39. The maximum Gasteiger partial charge on any atom is 0.136 e. The molecule has 10 rings (SSSR count). The first-order valence-corrected chi connectivity index (χ1v) is 17.4. The van der Waals surface area contributed by atoms with Gasteiger partial charge in [0.1, 0.15) is 11.2 Å². The first-order chi connectivity index (χ1) is 24.3. The molecule has 0 N–H and O–H groups in total. The van der Waals surface area contributed by atoms with E-state index in [2.05, 4.69) is 169 Å². The first kappa shape index (κ1) is 27.9. The molecule has 0 spiro atoms. The highest BCUT2D eigenvalue weighted by Gasteiger charge is 2.17. The molecule has 0 bridgehead atoms. The summed E-state index contributed by atoms with van der Waals surface area (Å²) in [7, 11) is 0. The van der Waals surface area contributed by atoms with Crippen LogP contribution < -0.4 is 4.90 Å². The van der Waals surface area contributed by atoms with E-state index in [0.29, 0.717) is 0 Å². The van der Waals surface area contributed by atoms with E-state index in [1.165, 1.54) is 47.6 Å². The van der Waals surface area contributed by atoms with E-state index in [4.69, 9.17) is 4.42 Å². The third kappa shape index (κ3) is 4.62. The predicted molar refractivity (Wildman–Crippen MR) is 210 cm³/mol. The van der Waals surface area contributed by atoms with Gasteiger partial charge in [-0.15, -0.1) is 11.3 Å². The highest BCUT2D eigenvalue weighted by molar-refractivity contribution is 7.25. The molecule has 0 atom stereocenters. The second-order valence-corrected chi connectivity index (χ2v) is 13.6. The minimum atomic E-state index is 0.910. The van der Waals surface area contributed by atoms with Gasteiger partial charge in [0.25, 0.3) is 0 Å². The number of rotatable bonds is 5. The van der Waals surface area contributed by atoms with Gasteiger partial charge in [0, 0.05) is 48.0 Å². The highest BCUT2D eigenvalue weighted by atomic mass is 32.1. The number of furan rings is 1. The van der Waals surface area contributed by atoms with Gasteiger partial charge in [-0.3, -0.25) is 0 Å². The summed E-state index contributed by atoms with van der Waals surface area (Å²) >= 11 is 1.85. The average molecular weight is 644 g/mol. The Balaban J connectivity index is 1.10. The van der Waals surface area contributed by atoms with Crippen molar-refractivity contribution in [3.05, 3.63) is 176 Å². The van der Waals surface area contributed by atoms with Crippen LogP contribution >= 0.6 is 11.3 Å². The first-order valence-electron chi connectivity index (χ1n) is 16.6. The van der Waals surface area contributed by atoms with Crippen LogP contribution in [-0.2, 0) is 0 Å². The molecule has 0 unspecified atom stereocenters. The van der Waals surface area contributed by atoms with Crippen molar-refractivity contribution in [3.63, 3.8) is 0 Å². The number of fused-ring (bicyclic) bond motifs is 7. The molecule has 2 heterocycles. The fourth-order valence-electron chi connectivity index (χ4n) is 7.37. The van der Waals surface area contributed by atoms with Crippen LogP contribution in [0, 0.1) is 0 Å². The summed E-state index contributed by atoms with van der Waals surface area (Å²) in [6.07, 6.45) is 0. The number of benzene rings is 8. The van der Waals surface area contributed by atoms with Gasteiger partial charge < -0.3 is 9.32 Å². The zero-order valence-corrected chi connectivity index (χ0v) is 27.3. The summed E-state index contributed by atoms with van der Waals surface area (Å²) in [5.41, 5.74) is 9.95. The summed E-state index contributed by atoms with van der Waals surface area (Å²) in [5, 5.41) is 7.42. The summed E-state index contributed by atoms with van der Waals surface area (Å²) in [6, 6.07) is 63.3. The molecule has 0 aliphatic heterocycles. The van der Waals surface area contributed by atoms with Gasteiger partial charge in [-0.2, -0.15) is 0 Å². The van der Waals surface area contributed by atoms with Crippen LogP contribution in [0.5, 0.6) is 0 Å². The second-order valence-electron chi connectivity index (χ2n) is 12.5. The lowest BCUT2D eigenvalue weighted by Crippen LogP contribution is -2.09. The average Bonchev–Trinajstić information content (AvgIpc) is 3.74. The van der Waals surface area contributed by atoms with Crippen molar-refractivity contribution in [1.29, 1.82) is 0 Å². The monoisotopic (exact) mass is 643 g/mol. The smallest absolute Gasteiger partial charge is 0.136 e. The minimum absolute atomic E-state index is 0.910. The molecule has 2 aromatic heterocycles. The lowest BCUT2D eigenvalue weighted by Gasteiger charge is -2.26. The van der Waals surface area contributed by atoms with E-state index in [9.17, 15) is 0 Å². The van der Waals surface area contributed by atoms with Gasteiger partial charge in [-0.1, -0.05) is 121 Å². The summed E-state index contributed by atoms with van der Waals surface area (Å²) in [4.78, 5) is 2.37. The fraction of sp³-hybridized carbons (Fsp3) is 0. The minimum Gasteiger partial charge on any atom is -0.456 e. The summed E-state index contributed by atoms with van der Waals surface area (Å²) < 4.78 is 8.80. The van der Waals surface area contributed by atoms with Crippen molar-refractivity contribution in [1.82, 2.24) is 0 Å². The van der Waals surface area contributed by atoms with Gasteiger partial charge in [0.2, 0.25) is 0 Å². The summed E-state index contributed by atoms with van der Waals surface area (Å²) in [6.45, 7) is 0. The van der Waals surface area contributed by atoms with E-state index in [-0.39, 0.29) is 0 Å². The molecule has 0 aliphatic rings. The largest absolute Gasteiger partial charge is 0.456 e. The van der Waals surface area contributed by atoms with Crippen LogP contribution in [0.1, 0.15) is 0 Å². The molecule has 3 heteroatoms. The number of hydrogen-bond donors (Lipinski definition) is 0. The number of hydrogen-bond acceptors (Lipinski definition) is 3. The van der Waals surface area contributed by atoms with E-state index in [0.717, 1.165) is 44.6 Å². The zero-order chi connectivity index (χ0) is 32.3. The molecule has 8 aromatic carbocycles. The van der Waals surface area contributed by atoms with Gasteiger partial charge in [-0.25, -0.2) is 0 Å². The van der Waals surface area contributed by atoms with E-state index in [1.807, 2.05) is 23.5 Å². The highest BCUT2D eigenvalue weighted by Crippen LogP contribution is 2.43.